The van der Waals surface area contributed by atoms with Crippen LogP contribution in [0.5, 0.6) is 5.75 Å². The maximum Gasteiger partial charge on any atom is 0.228 e. The summed E-state index contributed by atoms with van der Waals surface area (Å²) >= 11 is 0. The van der Waals surface area contributed by atoms with E-state index in [0.29, 0.717) is 30.2 Å². The molecule has 2 heterocycles. The highest BCUT2D eigenvalue weighted by molar-refractivity contribution is 6.01. The fourth-order valence-electron chi connectivity index (χ4n) is 3.13. The molecule has 0 saturated heterocycles. The summed E-state index contributed by atoms with van der Waals surface area (Å²) in [5.41, 5.74) is 3.23. The van der Waals surface area contributed by atoms with E-state index >= 15 is 0 Å². The van der Waals surface area contributed by atoms with Crippen LogP contribution in [-0.2, 0) is 16.0 Å². The van der Waals surface area contributed by atoms with Gasteiger partial charge in [0, 0.05) is 36.5 Å². The molecule has 2 N–H and O–H groups in total. The van der Waals surface area contributed by atoms with Crippen molar-refractivity contribution in [1.82, 2.24) is 15.3 Å². The van der Waals surface area contributed by atoms with Crippen molar-refractivity contribution in [3.8, 4) is 5.75 Å². The molecule has 7 nitrogen and oxygen atoms in total. The fourth-order valence-corrected chi connectivity index (χ4v) is 3.13. The molecule has 0 bridgehead atoms. The van der Waals surface area contributed by atoms with E-state index in [-0.39, 0.29) is 18.2 Å². The van der Waals surface area contributed by atoms with Crippen LogP contribution in [0.1, 0.15) is 35.1 Å². The molecule has 1 aromatic carbocycles. The first-order valence-corrected chi connectivity index (χ1v) is 8.53. The number of carbonyl (C=O) groups excluding carboxylic acids is 2. The van der Waals surface area contributed by atoms with E-state index in [0.717, 1.165) is 17.0 Å². The van der Waals surface area contributed by atoms with Crippen LogP contribution < -0.4 is 15.4 Å². The molecule has 136 valence electrons. The summed E-state index contributed by atoms with van der Waals surface area (Å²) in [6.45, 7) is 4.25. The summed E-state index contributed by atoms with van der Waals surface area (Å²) in [5.74, 6) is 0.473. The van der Waals surface area contributed by atoms with E-state index in [1.807, 2.05) is 19.9 Å². The predicted molar refractivity (Wildman–Crippen MR) is 97.2 cm³/mol. The van der Waals surface area contributed by atoms with Gasteiger partial charge in [0.1, 0.15) is 11.6 Å². The highest BCUT2D eigenvalue weighted by Gasteiger charge is 2.30. The van der Waals surface area contributed by atoms with Gasteiger partial charge >= 0.3 is 0 Å². The minimum absolute atomic E-state index is 0.117. The third kappa shape index (κ3) is 3.99. The normalized spacial score (nSPS) is 15.8. The van der Waals surface area contributed by atoms with Gasteiger partial charge in [0.2, 0.25) is 11.8 Å². The number of fused-ring (bicyclic) bond motifs is 1. The number of aromatic nitrogens is 2. The number of nitrogens with one attached hydrogen (secondary N) is 2. The van der Waals surface area contributed by atoms with Crippen molar-refractivity contribution in [2.45, 2.75) is 32.6 Å². The SMILES string of the molecule is COc1ccc2c(c1)[C@@H](C(=O)NCCc1nc(C)cc(C)n1)CC(=O)N2. The number of carbonyl (C=O) groups is 2. The molecule has 0 spiro atoms. The van der Waals surface area contributed by atoms with Crippen LogP contribution in [0.15, 0.2) is 24.3 Å². The molecule has 0 unspecified atom stereocenters. The van der Waals surface area contributed by atoms with E-state index in [1.165, 1.54) is 0 Å². The third-order valence-corrected chi connectivity index (χ3v) is 4.29. The molecule has 2 amide bonds. The average Bonchev–Trinajstić information content (AvgIpc) is 2.59. The molecule has 26 heavy (non-hydrogen) atoms. The number of rotatable bonds is 5. The lowest BCUT2D eigenvalue weighted by molar-refractivity contribution is -0.126. The number of anilines is 1. The van der Waals surface area contributed by atoms with Gasteiger partial charge in [0.25, 0.3) is 0 Å². The highest BCUT2D eigenvalue weighted by atomic mass is 16.5. The number of hydrogen-bond acceptors (Lipinski definition) is 5. The molecular formula is C19H22N4O3. The summed E-state index contributed by atoms with van der Waals surface area (Å²) in [4.78, 5) is 33.3. The van der Waals surface area contributed by atoms with Crippen LogP contribution in [0.2, 0.25) is 0 Å². The van der Waals surface area contributed by atoms with Gasteiger partial charge in [-0.3, -0.25) is 9.59 Å². The standard InChI is InChI=1S/C19H22N4O3/c1-11-8-12(2)22-17(21-11)6-7-20-19(25)15-10-18(24)23-16-5-4-13(26-3)9-14(15)16/h4-5,8-9,15H,6-7,10H2,1-3H3,(H,20,25)(H,23,24)/t15-/m0/s1. The van der Waals surface area contributed by atoms with E-state index in [1.54, 1.807) is 25.3 Å². The lowest BCUT2D eigenvalue weighted by Gasteiger charge is -2.25. The Bertz CT molecular complexity index is 830. The second-order valence-electron chi connectivity index (χ2n) is 6.37. The van der Waals surface area contributed by atoms with Gasteiger partial charge in [0.15, 0.2) is 0 Å². The van der Waals surface area contributed by atoms with Gasteiger partial charge in [0.05, 0.1) is 13.0 Å². The van der Waals surface area contributed by atoms with Crippen LogP contribution in [-0.4, -0.2) is 35.4 Å². The van der Waals surface area contributed by atoms with Gasteiger partial charge in [-0.15, -0.1) is 0 Å². The lowest BCUT2D eigenvalue weighted by atomic mass is 9.89. The summed E-state index contributed by atoms with van der Waals surface area (Å²) < 4.78 is 5.24. The monoisotopic (exact) mass is 354 g/mol. The van der Waals surface area contributed by atoms with Crippen molar-refractivity contribution in [2.24, 2.45) is 0 Å². The Labute approximate surface area is 152 Å². The summed E-state index contributed by atoms with van der Waals surface area (Å²) in [6, 6.07) is 7.23. The van der Waals surface area contributed by atoms with Gasteiger partial charge in [-0.05, 0) is 43.7 Å². The first-order chi connectivity index (χ1) is 12.5. The Hall–Kier alpha value is -2.96. The smallest absolute Gasteiger partial charge is 0.228 e. The van der Waals surface area contributed by atoms with Crippen LogP contribution in [0.3, 0.4) is 0 Å². The summed E-state index contributed by atoms with van der Waals surface area (Å²) in [7, 11) is 1.57. The zero-order chi connectivity index (χ0) is 18.7. The number of benzene rings is 1. The van der Waals surface area contributed by atoms with Crippen LogP contribution in [0.25, 0.3) is 0 Å². The molecule has 0 radical (unpaired) electrons. The zero-order valence-electron chi connectivity index (χ0n) is 15.1. The minimum atomic E-state index is -0.533. The van der Waals surface area contributed by atoms with Gasteiger partial charge in [-0.1, -0.05) is 0 Å². The second kappa shape index (κ2) is 7.51. The number of aryl methyl sites for hydroxylation is 2. The molecule has 1 aliphatic heterocycles. The summed E-state index contributed by atoms with van der Waals surface area (Å²) in [6.07, 6.45) is 0.657. The maximum absolute atomic E-state index is 12.7. The van der Waals surface area contributed by atoms with Crippen molar-refractivity contribution in [3.05, 3.63) is 47.0 Å². The number of nitrogens with zero attached hydrogens (tertiary/aromatic N) is 2. The number of methoxy groups -OCH3 is 1. The number of ether oxygens (including phenoxy) is 1. The van der Waals surface area contributed by atoms with E-state index in [2.05, 4.69) is 20.6 Å². The Kier molecular flexibility index (Phi) is 5.16. The fraction of sp³-hybridized carbons (Fsp3) is 0.368. The molecule has 1 aliphatic rings. The summed E-state index contributed by atoms with van der Waals surface area (Å²) in [5, 5.41) is 5.69. The van der Waals surface area contributed by atoms with E-state index < -0.39 is 5.92 Å². The molecule has 1 aromatic heterocycles. The van der Waals surface area contributed by atoms with E-state index in [9.17, 15) is 9.59 Å². The van der Waals surface area contributed by atoms with Crippen molar-refractivity contribution in [2.75, 3.05) is 19.0 Å². The third-order valence-electron chi connectivity index (χ3n) is 4.29. The number of amides is 2. The van der Waals surface area contributed by atoms with Crippen molar-refractivity contribution in [1.29, 1.82) is 0 Å². The first-order valence-electron chi connectivity index (χ1n) is 8.53. The van der Waals surface area contributed by atoms with Gasteiger partial charge in [-0.2, -0.15) is 0 Å². The predicted octanol–water partition coefficient (Wildman–Crippen LogP) is 1.89. The Morgan fingerprint density at radius 2 is 2.00 bits per heavy atom. The Morgan fingerprint density at radius 3 is 2.69 bits per heavy atom. The van der Waals surface area contributed by atoms with Crippen molar-refractivity contribution >= 4 is 17.5 Å². The largest absolute Gasteiger partial charge is 0.497 e. The molecular weight excluding hydrogens is 332 g/mol. The van der Waals surface area contributed by atoms with Crippen molar-refractivity contribution in [3.63, 3.8) is 0 Å². The molecule has 3 rings (SSSR count). The average molecular weight is 354 g/mol. The van der Waals surface area contributed by atoms with Gasteiger partial charge < -0.3 is 15.4 Å². The molecule has 0 saturated carbocycles. The highest BCUT2D eigenvalue weighted by Crippen LogP contribution is 2.34. The second-order valence-corrected chi connectivity index (χ2v) is 6.37. The van der Waals surface area contributed by atoms with E-state index in [4.69, 9.17) is 4.74 Å². The van der Waals surface area contributed by atoms with Crippen LogP contribution >= 0.6 is 0 Å². The Morgan fingerprint density at radius 1 is 1.27 bits per heavy atom. The minimum Gasteiger partial charge on any atom is -0.497 e. The molecule has 7 heteroatoms. The zero-order valence-corrected chi connectivity index (χ0v) is 15.1. The quantitative estimate of drug-likeness (QED) is 0.855. The number of hydrogen-bond donors (Lipinski definition) is 2. The lowest BCUT2D eigenvalue weighted by Crippen LogP contribution is -2.36. The van der Waals surface area contributed by atoms with Crippen LogP contribution in [0, 0.1) is 13.8 Å². The first kappa shape index (κ1) is 17.8. The maximum atomic E-state index is 12.7. The van der Waals surface area contributed by atoms with Crippen LogP contribution in [0.4, 0.5) is 5.69 Å². The van der Waals surface area contributed by atoms with Gasteiger partial charge in [-0.25, -0.2) is 9.97 Å². The molecule has 2 aromatic rings. The van der Waals surface area contributed by atoms with Crippen molar-refractivity contribution < 1.29 is 14.3 Å². The Balaban J connectivity index is 1.69. The molecule has 0 fully saturated rings. The topological polar surface area (TPSA) is 93.2 Å². The molecule has 1 atom stereocenters. The molecule has 0 aliphatic carbocycles.